The van der Waals surface area contributed by atoms with Gasteiger partial charge in [0.15, 0.2) is 17.5 Å². The van der Waals surface area contributed by atoms with Crippen LogP contribution in [0, 0.1) is 6.92 Å². The van der Waals surface area contributed by atoms with Gasteiger partial charge < -0.3 is 14.4 Å². The monoisotopic (exact) mass is 906 g/mol. The van der Waals surface area contributed by atoms with Crippen LogP contribution in [0.1, 0.15) is 5.56 Å². The molecule has 0 saturated heterocycles. The zero-order valence-corrected chi connectivity index (χ0v) is 38.9. The van der Waals surface area contributed by atoms with Gasteiger partial charge in [0, 0.05) is 67.3 Å². The van der Waals surface area contributed by atoms with Crippen molar-refractivity contribution < 1.29 is 0 Å². The van der Waals surface area contributed by atoms with Crippen molar-refractivity contribution in [1.29, 1.82) is 0 Å². The molecule has 12 aromatic rings. The van der Waals surface area contributed by atoms with Gasteiger partial charge in [0.05, 0.1) is 11.0 Å². The van der Waals surface area contributed by atoms with Gasteiger partial charge in [-0.2, -0.15) is 0 Å². The fourth-order valence-electron chi connectivity index (χ4n) is 11.2. The molecular formula is C64H43BN6. The number of hydrogen-bond donors (Lipinski definition) is 0. The maximum absolute atomic E-state index is 5.12. The van der Waals surface area contributed by atoms with Crippen LogP contribution in [0.4, 0.5) is 34.1 Å². The first-order chi connectivity index (χ1) is 35.1. The predicted octanol–water partition coefficient (Wildman–Crippen LogP) is 14.0. The van der Waals surface area contributed by atoms with Crippen molar-refractivity contribution in [1.82, 2.24) is 19.5 Å². The fourth-order valence-corrected chi connectivity index (χ4v) is 11.2. The lowest BCUT2D eigenvalue weighted by Crippen LogP contribution is -2.61. The summed E-state index contributed by atoms with van der Waals surface area (Å²) in [6.45, 7) is 2.20. The topological polar surface area (TPSA) is 50.1 Å². The Kier molecular flexibility index (Phi) is 9.42. The zero-order valence-electron chi connectivity index (χ0n) is 38.9. The standard InChI is InChI=1S/C64H43BN6/c1-42-36-47(64-67-62(43-20-6-2-7-21-43)66-63(68-64)44-22-8-3-9-23-44)38-50(37-42)71-55-31-17-14-28-51(55)52-39-45(34-35-56(52)71)46-40-59-61-60(41-46)70(49-26-12-5-13-27-49)58-33-19-16-30-54(58)65(61)53-29-15-18-32-57(53)69(59)48-24-10-4-11-25-48/h2-41H,1H3. The third-order valence-electron chi connectivity index (χ3n) is 14.2. The van der Waals surface area contributed by atoms with E-state index in [-0.39, 0.29) is 6.71 Å². The van der Waals surface area contributed by atoms with Gasteiger partial charge in [-0.15, -0.1) is 0 Å². The first-order valence-corrected chi connectivity index (χ1v) is 24.2. The molecule has 0 N–H and O–H groups in total. The van der Waals surface area contributed by atoms with Crippen molar-refractivity contribution in [2.24, 2.45) is 0 Å². The van der Waals surface area contributed by atoms with Gasteiger partial charge >= 0.3 is 0 Å². The molecular weight excluding hydrogens is 864 g/mol. The molecule has 0 unspecified atom stereocenters. The quantitative estimate of drug-likeness (QED) is 0.149. The number of benzene rings is 10. The lowest BCUT2D eigenvalue weighted by molar-refractivity contribution is 1.07. The normalized spacial score (nSPS) is 12.5. The van der Waals surface area contributed by atoms with Crippen molar-refractivity contribution in [3.05, 3.63) is 248 Å². The molecule has 0 amide bonds. The lowest BCUT2D eigenvalue weighted by atomic mass is 9.33. The van der Waals surface area contributed by atoms with E-state index in [0.717, 1.165) is 61.5 Å². The Morgan fingerprint density at radius 2 is 0.803 bits per heavy atom. The van der Waals surface area contributed by atoms with Crippen LogP contribution in [-0.2, 0) is 0 Å². The summed E-state index contributed by atoms with van der Waals surface area (Å²) in [5, 5.41) is 2.36. The van der Waals surface area contributed by atoms with Gasteiger partial charge in [0.25, 0.3) is 6.71 Å². The van der Waals surface area contributed by atoms with Gasteiger partial charge in [-0.1, -0.05) is 158 Å². The molecule has 7 heteroatoms. The smallest absolute Gasteiger partial charge is 0.252 e. The molecule has 0 spiro atoms. The third kappa shape index (κ3) is 6.69. The molecule has 0 fully saturated rings. The zero-order chi connectivity index (χ0) is 47.0. The second kappa shape index (κ2) is 16.4. The Hall–Kier alpha value is -9.33. The minimum absolute atomic E-state index is 0.0495. The highest BCUT2D eigenvalue weighted by Gasteiger charge is 2.43. The van der Waals surface area contributed by atoms with E-state index in [9.17, 15) is 0 Å². The molecule has 2 aliphatic rings. The van der Waals surface area contributed by atoms with Crippen LogP contribution in [0.5, 0.6) is 0 Å². The molecule has 4 heterocycles. The number of hydrogen-bond acceptors (Lipinski definition) is 5. The van der Waals surface area contributed by atoms with Crippen LogP contribution in [0.25, 0.3) is 72.8 Å². The number of aromatic nitrogens is 4. The molecule has 10 aromatic carbocycles. The van der Waals surface area contributed by atoms with Gasteiger partial charge in [-0.3, -0.25) is 0 Å². The molecule has 2 aromatic heterocycles. The summed E-state index contributed by atoms with van der Waals surface area (Å²) in [5.74, 6) is 1.91. The number of para-hydroxylation sites is 5. The second-order valence-corrected chi connectivity index (χ2v) is 18.5. The van der Waals surface area contributed by atoms with E-state index >= 15 is 0 Å². The number of fused-ring (bicyclic) bond motifs is 7. The maximum atomic E-state index is 5.12. The Balaban J connectivity index is 0.968. The fraction of sp³-hybridized carbons (Fsp3) is 0.0156. The molecule has 0 bridgehead atoms. The van der Waals surface area contributed by atoms with Crippen molar-refractivity contribution in [2.75, 3.05) is 9.80 Å². The summed E-state index contributed by atoms with van der Waals surface area (Å²) in [7, 11) is 0. The molecule has 0 atom stereocenters. The average Bonchev–Trinajstić information content (AvgIpc) is 3.77. The summed E-state index contributed by atoms with van der Waals surface area (Å²) in [5.41, 5.74) is 20.4. The Morgan fingerprint density at radius 1 is 0.324 bits per heavy atom. The first kappa shape index (κ1) is 40.7. The summed E-state index contributed by atoms with van der Waals surface area (Å²) >= 11 is 0. The van der Waals surface area contributed by atoms with Crippen LogP contribution in [-0.4, -0.2) is 26.2 Å². The highest BCUT2D eigenvalue weighted by Crippen LogP contribution is 2.46. The first-order valence-electron chi connectivity index (χ1n) is 24.2. The van der Waals surface area contributed by atoms with E-state index < -0.39 is 0 Å². The number of aryl methyl sites for hydroxylation is 1. The molecule has 332 valence electrons. The van der Waals surface area contributed by atoms with Crippen LogP contribution >= 0.6 is 0 Å². The van der Waals surface area contributed by atoms with Gasteiger partial charge in [0.2, 0.25) is 0 Å². The van der Waals surface area contributed by atoms with Crippen LogP contribution < -0.4 is 26.2 Å². The van der Waals surface area contributed by atoms with Gasteiger partial charge in [0.1, 0.15) is 0 Å². The average molecular weight is 907 g/mol. The molecule has 6 nitrogen and oxygen atoms in total. The Morgan fingerprint density at radius 3 is 1.38 bits per heavy atom. The molecule has 0 aliphatic carbocycles. The van der Waals surface area contributed by atoms with E-state index in [1.807, 2.05) is 36.4 Å². The van der Waals surface area contributed by atoms with E-state index in [2.05, 4.69) is 228 Å². The lowest BCUT2D eigenvalue weighted by Gasteiger charge is -2.44. The van der Waals surface area contributed by atoms with Crippen molar-refractivity contribution in [3.63, 3.8) is 0 Å². The largest absolute Gasteiger partial charge is 0.311 e. The number of anilines is 6. The van der Waals surface area contributed by atoms with Crippen molar-refractivity contribution in [2.45, 2.75) is 6.92 Å². The maximum Gasteiger partial charge on any atom is 0.252 e. The van der Waals surface area contributed by atoms with Crippen molar-refractivity contribution in [3.8, 4) is 51.0 Å². The van der Waals surface area contributed by atoms with Crippen LogP contribution in [0.3, 0.4) is 0 Å². The van der Waals surface area contributed by atoms with Crippen molar-refractivity contribution >= 4 is 79.0 Å². The van der Waals surface area contributed by atoms with Crippen LogP contribution in [0.15, 0.2) is 243 Å². The number of rotatable bonds is 7. The Bertz CT molecular complexity index is 3850. The van der Waals surface area contributed by atoms with E-state index in [1.165, 1.54) is 49.9 Å². The minimum atomic E-state index is 0.0495. The van der Waals surface area contributed by atoms with E-state index in [1.54, 1.807) is 0 Å². The van der Waals surface area contributed by atoms with Gasteiger partial charge in [-0.05, 0) is 125 Å². The molecule has 71 heavy (non-hydrogen) atoms. The molecule has 0 saturated carbocycles. The number of nitrogens with zero attached hydrogens (tertiary/aromatic N) is 6. The predicted molar refractivity (Wildman–Crippen MR) is 295 cm³/mol. The summed E-state index contributed by atoms with van der Waals surface area (Å²) < 4.78 is 2.39. The van der Waals surface area contributed by atoms with Gasteiger partial charge in [-0.25, -0.2) is 15.0 Å². The van der Waals surface area contributed by atoms with E-state index in [4.69, 9.17) is 15.0 Å². The second-order valence-electron chi connectivity index (χ2n) is 18.5. The Labute approximate surface area is 412 Å². The molecule has 0 radical (unpaired) electrons. The summed E-state index contributed by atoms with van der Waals surface area (Å²) in [6, 6.07) is 87.2. The summed E-state index contributed by atoms with van der Waals surface area (Å²) in [6.07, 6.45) is 0. The van der Waals surface area contributed by atoms with E-state index in [0.29, 0.717) is 17.5 Å². The minimum Gasteiger partial charge on any atom is -0.311 e. The SMILES string of the molecule is Cc1cc(-c2nc(-c3ccccc3)nc(-c3ccccc3)n2)cc(-n2c3ccccc3c3cc(-c4cc5c6c(c4)N(c4ccccc4)c4ccccc4B6c4ccccc4N5c4ccccc4)ccc32)c1. The summed E-state index contributed by atoms with van der Waals surface area (Å²) in [4.78, 5) is 20.2. The third-order valence-corrected chi connectivity index (χ3v) is 14.2. The van der Waals surface area contributed by atoms with Crippen LogP contribution in [0.2, 0.25) is 0 Å². The highest BCUT2D eigenvalue weighted by atomic mass is 15.2. The highest BCUT2D eigenvalue weighted by molar-refractivity contribution is 7.00. The molecule has 14 rings (SSSR count). The molecule has 2 aliphatic heterocycles.